The van der Waals surface area contributed by atoms with Crippen molar-refractivity contribution in [3.8, 4) is 0 Å². The Balaban J connectivity index is 1.31. The molecule has 2 aliphatic rings. The Kier molecular flexibility index (Phi) is 7.09. The van der Waals surface area contributed by atoms with Gasteiger partial charge in [0.2, 0.25) is 5.91 Å². The van der Waals surface area contributed by atoms with E-state index in [0.717, 1.165) is 43.2 Å². The molecular weight excluding hydrogens is 424 g/mol. The van der Waals surface area contributed by atoms with Crippen LogP contribution in [0.25, 0.3) is 6.08 Å². The molecule has 2 aromatic heterocycles. The number of rotatable bonds is 6. The van der Waals surface area contributed by atoms with E-state index in [1.54, 1.807) is 23.4 Å². The van der Waals surface area contributed by atoms with Gasteiger partial charge in [-0.1, -0.05) is 18.9 Å². The van der Waals surface area contributed by atoms with E-state index < -0.39 is 0 Å². The maximum Gasteiger partial charge on any atom is 0.409 e. The minimum Gasteiger partial charge on any atom is -0.449 e. The molecule has 1 atom stereocenters. The van der Waals surface area contributed by atoms with Gasteiger partial charge >= 0.3 is 6.09 Å². The van der Waals surface area contributed by atoms with Gasteiger partial charge in [-0.25, -0.2) is 4.79 Å². The average Bonchev–Trinajstić information content (AvgIpc) is 3.45. The summed E-state index contributed by atoms with van der Waals surface area (Å²) in [6.07, 6.45) is 13.4. The van der Waals surface area contributed by atoms with Gasteiger partial charge in [0.1, 0.15) is 5.00 Å². The fourth-order valence-electron chi connectivity index (χ4n) is 4.45. The molecule has 0 bridgehead atoms. The Hall–Kier alpha value is -2.87. The molecule has 2 amide bonds. The Morgan fingerprint density at radius 1 is 1.34 bits per heavy atom. The number of nitrogen functional groups attached to an aromatic ring is 1. The van der Waals surface area contributed by atoms with Gasteiger partial charge in [-0.3, -0.25) is 9.78 Å². The Labute approximate surface area is 192 Å². The molecule has 2 aromatic rings. The fraction of sp³-hybridized carbons (Fsp3) is 0.458. The first-order valence-electron chi connectivity index (χ1n) is 11.2. The van der Waals surface area contributed by atoms with Crippen LogP contribution in [0, 0.1) is 5.92 Å². The van der Waals surface area contributed by atoms with Crippen molar-refractivity contribution in [3.05, 3.63) is 46.6 Å². The first-order valence-corrected chi connectivity index (χ1v) is 12.0. The lowest BCUT2D eigenvalue weighted by Crippen LogP contribution is -2.36. The number of nitrogens with one attached hydrogen (secondary N) is 1. The summed E-state index contributed by atoms with van der Waals surface area (Å²) in [7, 11) is 1.84. The molecule has 8 heteroatoms. The van der Waals surface area contributed by atoms with E-state index in [0.29, 0.717) is 23.3 Å². The van der Waals surface area contributed by atoms with E-state index in [-0.39, 0.29) is 17.9 Å². The van der Waals surface area contributed by atoms with Gasteiger partial charge < -0.3 is 20.7 Å². The average molecular weight is 455 g/mol. The van der Waals surface area contributed by atoms with Crippen LogP contribution >= 0.6 is 11.3 Å². The molecule has 1 fully saturated rings. The highest BCUT2D eigenvalue weighted by molar-refractivity contribution is 7.17. The molecule has 4 rings (SSSR count). The molecule has 2 aliphatic carbocycles. The summed E-state index contributed by atoms with van der Waals surface area (Å²) in [6, 6.07) is 4.02. The predicted octanol–water partition coefficient (Wildman–Crippen LogP) is 4.49. The molecule has 32 heavy (non-hydrogen) atoms. The van der Waals surface area contributed by atoms with Crippen LogP contribution in [0.3, 0.4) is 0 Å². The molecular formula is C24H30N4O3S. The molecule has 170 valence electrons. The van der Waals surface area contributed by atoms with Gasteiger partial charge in [0.15, 0.2) is 0 Å². The van der Waals surface area contributed by atoms with Crippen molar-refractivity contribution in [1.29, 1.82) is 0 Å². The molecule has 0 spiro atoms. The zero-order valence-electron chi connectivity index (χ0n) is 18.4. The first-order chi connectivity index (χ1) is 15.5. The summed E-state index contributed by atoms with van der Waals surface area (Å²) < 4.78 is 5.62. The second-order valence-electron chi connectivity index (χ2n) is 8.59. The zero-order valence-corrected chi connectivity index (χ0v) is 19.2. The van der Waals surface area contributed by atoms with E-state index in [9.17, 15) is 9.59 Å². The van der Waals surface area contributed by atoms with Crippen molar-refractivity contribution in [3.63, 3.8) is 0 Å². The van der Waals surface area contributed by atoms with Crippen molar-refractivity contribution in [2.45, 2.75) is 51.0 Å². The number of aromatic nitrogens is 1. The second kappa shape index (κ2) is 10.2. The van der Waals surface area contributed by atoms with Gasteiger partial charge in [-0.2, -0.15) is 0 Å². The van der Waals surface area contributed by atoms with Crippen LogP contribution in [0.5, 0.6) is 0 Å². The lowest BCUT2D eigenvalue weighted by Gasteiger charge is -2.26. The molecule has 3 N–H and O–H groups in total. The summed E-state index contributed by atoms with van der Waals surface area (Å²) in [5.74, 6) is 0.0510. The Morgan fingerprint density at radius 2 is 2.16 bits per heavy atom. The lowest BCUT2D eigenvalue weighted by molar-refractivity contribution is -0.111. The highest BCUT2D eigenvalue weighted by atomic mass is 32.1. The normalized spacial score (nSPS) is 18.5. The minimum atomic E-state index is -0.223. The number of amides is 2. The minimum absolute atomic E-state index is 0.221. The maximum absolute atomic E-state index is 12.4. The SMILES string of the molecule is CN(C(=O)OCC1CCc2c(sc(NC(=O)/C=C/c3cccnc3)c2N)C1)C1CCCC1. The number of fused-ring (bicyclic) bond motifs is 1. The number of hydrogen-bond donors (Lipinski definition) is 2. The summed E-state index contributed by atoms with van der Waals surface area (Å²) in [5.41, 5.74) is 8.96. The van der Waals surface area contributed by atoms with E-state index in [4.69, 9.17) is 10.5 Å². The van der Waals surface area contributed by atoms with Gasteiger partial charge in [0.05, 0.1) is 12.3 Å². The van der Waals surface area contributed by atoms with Crippen LogP contribution < -0.4 is 11.1 Å². The topological polar surface area (TPSA) is 97.5 Å². The predicted molar refractivity (Wildman–Crippen MR) is 128 cm³/mol. The lowest BCUT2D eigenvalue weighted by atomic mass is 9.89. The number of carbonyl (C=O) groups is 2. The Morgan fingerprint density at radius 3 is 2.91 bits per heavy atom. The summed E-state index contributed by atoms with van der Waals surface area (Å²) in [4.78, 5) is 31.7. The molecule has 7 nitrogen and oxygen atoms in total. The second-order valence-corrected chi connectivity index (χ2v) is 9.70. The van der Waals surface area contributed by atoms with Gasteiger partial charge in [0.25, 0.3) is 0 Å². The van der Waals surface area contributed by atoms with E-state index in [1.807, 2.05) is 19.2 Å². The fourth-order valence-corrected chi connectivity index (χ4v) is 5.73. The molecule has 0 saturated heterocycles. The van der Waals surface area contributed by atoms with Crippen molar-refractivity contribution < 1.29 is 14.3 Å². The maximum atomic E-state index is 12.4. The van der Waals surface area contributed by atoms with Gasteiger partial charge in [-0.15, -0.1) is 11.3 Å². The molecule has 0 aromatic carbocycles. The summed E-state index contributed by atoms with van der Waals surface area (Å²) >= 11 is 1.52. The number of carbonyl (C=O) groups excluding carboxylic acids is 2. The van der Waals surface area contributed by atoms with Crippen molar-refractivity contribution in [1.82, 2.24) is 9.88 Å². The van der Waals surface area contributed by atoms with Crippen LogP contribution in [-0.2, 0) is 22.4 Å². The highest BCUT2D eigenvalue weighted by Crippen LogP contribution is 2.41. The third-order valence-corrected chi connectivity index (χ3v) is 7.55. The molecule has 0 radical (unpaired) electrons. The smallest absolute Gasteiger partial charge is 0.409 e. The number of anilines is 2. The van der Waals surface area contributed by atoms with Crippen LogP contribution in [0.15, 0.2) is 30.6 Å². The number of ether oxygens (including phenoxy) is 1. The standard InChI is InChI=1S/C24H30N4O3S/c1-28(18-6-2-3-7-18)24(30)31-15-17-8-10-19-20(13-17)32-23(22(19)25)27-21(29)11-9-16-5-4-12-26-14-16/h4-5,9,11-12,14,17-18H,2-3,6-8,10,13,15,25H2,1H3,(H,27,29)/b11-9+. The summed E-state index contributed by atoms with van der Waals surface area (Å²) in [5, 5.41) is 3.59. The van der Waals surface area contributed by atoms with Crippen molar-refractivity contribution >= 4 is 40.1 Å². The van der Waals surface area contributed by atoms with Gasteiger partial charge in [-0.05, 0) is 61.3 Å². The molecule has 2 heterocycles. The number of nitrogens with zero attached hydrogens (tertiary/aromatic N) is 2. The molecule has 0 aliphatic heterocycles. The number of nitrogens with two attached hydrogens (primary N) is 1. The third-order valence-electron chi connectivity index (χ3n) is 6.36. The van der Waals surface area contributed by atoms with E-state index in [2.05, 4.69) is 10.3 Å². The number of hydrogen-bond acceptors (Lipinski definition) is 6. The Bertz CT molecular complexity index is 983. The first kappa shape index (κ1) is 22.3. The quantitative estimate of drug-likeness (QED) is 0.627. The largest absolute Gasteiger partial charge is 0.449 e. The van der Waals surface area contributed by atoms with Crippen molar-refractivity contribution in [2.24, 2.45) is 5.92 Å². The molecule has 1 unspecified atom stereocenters. The van der Waals surface area contributed by atoms with E-state index >= 15 is 0 Å². The number of pyridine rings is 1. The zero-order chi connectivity index (χ0) is 22.5. The third kappa shape index (κ3) is 5.30. The number of thiophene rings is 1. The van der Waals surface area contributed by atoms with Crippen molar-refractivity contribution in [2.75, 3.05) is 24.7 Å². The van der Waals surface area contributed by atoms with Crippen LogP contribution in [0.2, 0.25) is 0 Å². The van der Waals surface area contributed by atoms with E-state index in [1.165, 1.54) is 35.1 Å². The summed E-state index contributed by atoms with van der Waals surface area (Å²) in [6.45, 7) is 0.419. The monoisotopic (exact) mass is 454 g/mol. The molecule has 1 saturated carbocycles. The van der Waals surface area contributed by atoms with Crippen LogP contribution in [-0.4, -0.2) is 41.6 Å². The highest BCUT2D eigenvalue weighted by Gasteiger charge is 2.28. The van der Waals surface area contributed by atoms with Crippen LogP contribution in [0.1, 0.15) is 48.1 Å². The van der Waals surface area contributed by atoms with Crippen LogP contribution in [0.4, 0.5) is 15.5 Å². The van der Waals surface area contributed by atoms with Gasteiger partial charge in [0, 0.05) is 36.4 Å².